The second-order valence-electron chi connectivity index (χ2n) is 13.8. The molecule has 1 fully saturated rings. The molecule has 0 saturated carbocycles. The number of β-amino-alcohol motifs (C(OH)–C–C–N with tert-alkyl or cyclic N) is 2. The number of amides is 1. The minimum atomic E-state index is -4.88. The fraction of sp³-hybridized carbons (Fsp3) is 0.256. The molecular formula is C39H39F5N6O7S2. The Hall–Kier alpha value is -5.22. The van der Waals surface area contributed by atoms with E-state index in [9.17, 15) is 53.8 Å². The molecule has 314 valence electrons. The number of benzene rings is 4. The molecule has 1 aliphatic heterocycles. The summed E-state index contributed by atoms with van der Waals surface area (Å²) in [6.07, 6.45) is -3.30. The second kappa shape index (κ2) is 17.2. The summed E-state index contributed by atoms with van der Waals surface area (Å²) >= 11 is 0. The number of aryl methyl sites for hydroxylation is 1. The van der Waals surface area contributed by atoms with Crippen molar-refractivity contribution >= 4 is 47.8 Å². The lowest BCUT2D eigenvalue weighted by Gasteiger charge is -2.16. The van der Waals surface area contributed by atoms with Gasteiger partial charge in [0.25, 0.3) is 0 Å². The highest BCUT2D eigenvalue weighted by molar-refractivity contribution is 7.89. The summed E-state index contributed by atoms with van der Waals surface area (Å²) in [7, 11) is -8.38. The van der Waals surface area contributed by atoms with Gasteiger partial charge in [-0.05, 0) is 96.7 Å². The first kappa shape index (κ1) is 43.4. The fourth-order valence-corrected chi connectivity index (χ4v) is 8.87. The molecule has 1 aliphatic rings. The lowest BCUT2D eigenvalue weighted by molar-refractivity contribution is -0.139. The largest absolute Gasteiger partial charge is 0.417 e. The SMILES string of the molecule is NCCCNS(=O)(=O)c1ccc(-c2c[nH]c3cc(F)ccc23)cc1C(F)(F)F.NS(=O)(=O)c1ccc(-c2c[nH]c3cc(F)ccc23)cc1CCC(=O)N1C[C@@H](O)[C@@H](O)C1. The van der Waals surface area contributed by atoms with E-state index in [2.05, 4.69) is 14.7 Å². The van der Waals surface area contributed by atoms with Crippen LogP contribution in [-0.2, 0) is 37.4 Å². The summed E-state index contributed by atoms with van der Waals surface area (Å²) in [5.41, 5.74) is 7.43. The van der Waals surface area contributed by atoms with E-state index in [1.165, 1.54) is 53.6 Å². The predicted molar refractivity (Wildman–Crippen MR) is 210 cm³/mol. The van der Waals surface area contributed by atoms with E-state index in [-0.39, 0.29) is 61.2 Å². The maximum Gasteiger partial charge on any atom is 0.417 e. The summed E-state index contributed by atoms with van der Waals surface area (Å²) in [4.78, 5) is 18.7. The van der Waals surface area contributed by atoms with Crippen molar-refractivity contribution in [2.24, 2.45) is 10.9 Å². The van der Waals surface area contributed by atoms with E-state index in [1.54, 1.807) is 24.4 Å². The highest BCUT2D eigenvalue weighted by Crippen LogP contribution is 2.39. The molecule has 0 radical (unpaired) electrons. The van der Waals surface area contributed by atoms with Gasteiger partial charge in [-0.3, -0.25) is 4.79 Å². The maximum atomic E-state index is 13.6. The molecule has 4 aromatic carbocycles. The van der Waals surface area contributed by atoms with Crippen LogP contribution in [0.15, 0.2) is 95.0 Å². The molecular weight excluding hydrogens is 824 g/mol. The number of hydrogen-bond acceptors (Lipinski definition) is 8. The lowest BCUT2D eigenvalue weighted by Crippen LogP contribution is -2.30. The first-order chi connectivity index (χ1) is 27.8. The Morgan fingerprint density at radius 1 is 0.797 bits per heavy atom. The van der Waals surface area contributed by atoms with Crippen molar-refractivity contribution in [2.75, 3.05) is 26.2 Å². The number of aliphatic hydroxyl groups is 2. The lowest BCUT2D eigenvalue weighted by atomic mass is 10.00. The maximum absolute atomic E-state index is 13.6. The van der Waals surface area contributed by atoms with Crippen LogP contribution < -0.4 is 15.6 Å². The van der Waals surface area contributed by atoms with Gasteiger partial charge in [-0.15, -0.1) is 0 Å². The normalized spacial score (nSPS) is 16.1. The molecule has 9 N–H and O–H groups in total. The molecule has 0 spiro atoms. The average Bonchev–Trinajstić information content (AvgIpc) is 3.89. The zero-order valence-electron chi connectivity index (χ0n) is 30.9. The number of primary sulfonamides is 1. The van der Waals surface area contributed by atoms with Gasteiger partial charge in [0, 0.05) is 71.4 Å². The minimum absolute atomic E-state index is 0.00942. The molecule has 0 aliphatic carbocycles. The highest BCUT2D eigenvalue weighted by Gasteiger charge is 2.38. The molecule has 0 bridgehead atoms. The number of alkyl halides is 3. The number of aromatic nitrogens is 2. The standard InChI is InChI=1S/C21H22FN3O5S.C18H17F4N3O2S/c22-14-3-4-15-16(9-24-17(15)8-14)12-1-5-20(31(23,29)30)13(7-12)2-6-21(28)25-10-18(26)19(27)11-25;19-12-3-4-13-14(10-24-16(13)9-12)11-2-5-17(15(8-11)18(20,21)22)28(26,27)25-7-1-6-23/h1,3-5,7-9,18-19,24,26-27H,2,6,10-11H2,(H2,23,29,30);2-5,8-10,24-25H,1,6-7,23H2/t18-,19+;. The van der Waals surface area contributed by atoms with Crippen molar-refractivity contribution in [1.29, 1.82) is 0 Å². The number of H-pyrrole nitrogens is 2. The Morgan fingerprint density at radius 3 is 1.83 bits per heavy atom. The number of aliphatic hydroxyl groups excluding tert-OH is 2. The Morgan fingerprint density at radius 2 is 1.32 bits per heavy atom. The van der Waals surface area contributed by atoms with Crippen LogP contribution in [-0.4, -0.2) is 86.2 Å². The van der Waals surface area contributed by atoms with Gasteiger partial charge in [-0.2, -0.15) is 13.2 Å². The van der Waals surface area contributed by atoms with Gasteiger partial charge >= 0.3 is 6.18 Å². The van der Waals surface area contributed by atoms with Crippen molar-refractivity contribution in [3.63, 3.8) is 0 Å². The van der Waals surface area contributed by atoms with Crippen LogP contribution >= 0.6 is 0 Å². The summed E-state index contributed by atoms with van der Waals surface area (Å²) in [5, 5.41) is 25.9. The van der Waals surface area contributed by atoms with Gasteiger partial charge in [0.05, 0.1) is 27.6 Å². The zero-order valence-corrected chi connectivity index (χ0v) is 32.6. The molecule has 7 rings (SSSR count). The van der Waals surface area contributed by atoms with Crippen LogP contribution in [0.1, 0.15) is 24.0 Å². The van der Waals surface area contributed by atoms with Crippen molar-refractivity contribution in [1.82, 2.24) is 19.6 Å². The Bertz CT molecular complexity index is 2730. The molecule has 13 nitrogen and oxygen atoms in total. The van der Waals surface area contributed by atoms with Gasteiger partial charge in [0.2, 0.25) is 26.0 Å². The molecule has 2 atom stereocenters. The molecule has 59 heavy (non-hydrogen) atoms. The molecule has 6 aromatic rings. The van der Waals surface area contributed by atoms with Gasteiger partial charge in [0.15, 0.2) is 0 Å². The van der Waals surface area contributed by atoms with E-state index < -0.39 is 54.7 Å². The number of nitrogens with two attached hydrogens (primary N) is 2. The molecule has 1 saturated heterocycles. The van der Waals surface area contributed by atoms with Crippen molar-refractivity contribution < 1.29 is 53.8 Å². The van der Waals surface area contributed by atoms with Crippen molar-refractivity contribution in [3.05, 3.63) is 108 Å². The summed E-state index contributed by atoms with van der Waals surface area (Å²) in [6.45, 7) is 0.211. The smallest absolute Gasteiger partial charge is 0.388 e. The monoisotopic (exact) mass is 862 g/mol. The van der Waals surface area contributed by atoms with Crippen LogP contribution in [0.3, 0.4) is 0 Å². The van der Waals surface area contributed by atoms with Gasteiger partial charge in [0.1, 0.15) is 11.6 Å². The van der Waals surface area contributed by atoms with E-state index in [0.717, 1.165) is 23.1 Å². The zero-order chi connectivity index (χ0) is 42.9. The number of likely N-dealkylation sites (tertiary alicyclic amines) is 1. The molecule has 2 aromatic heterocycles. The van der Waals surface area contributed by atoms with E-state index in [4.69, 9.17) is 10.9 Å². The summed E-state index contributed by atoms with van der Waals surface area (Å²) in [5.74, 6) is -1.16. The minimum Gasteiger partial charge on any atom is -0.388 e. The van der Waals surface area contributed by atoms with Crippen LogP contribution in [0, 0.1) is 11.6 Å². The van der Waals surface area contributed by atoms with Crippen molar-refractivity contribution in [2.45, 2.75) is 47.4 Å². The van der Waals surface area contributed by atoms with Gasteiger partial charge in [-0.1, -0.05) is 12.1 Å². The van der Waals surface area contributed by atoms with Crippen molar-refractivity contribution in [3.8, 4) is 22.3 Å². The Labute approximate surface area is 334 Å². The molecule has 0 unspecified atom stereocenters. The van der Waals surface area contributed by atoms with Crippen LogP contribution in [0.2, 0.25) is 0 Å². The number of carbonyl (C=O) groups excluding carboxylic acids is 1. The number of fused-ring (bicyclic) bond motifs is 2. The number of sulfonamides is 2. The third-order valence-electron chi connectivity index (χ3n) is 9.74. The Kier molecular flexibility index (Phi) is 12.6. The molecule has 20 heteroatoms. The summed E-state index contributed by atoms with van der Waals surface area (Å²) < 4.78 is 118. The number of rotatable bonds is 11. The van der Waals surface area contributed by atoms with Crippen LogP contribution in [0.4, 0.5) is 22.0 Å². The fourth-order valence-electron chi connectivity index (χ4n) is 6.81. The van der Waals surface area contributed by atoms with E-state index in [1.807, 2.05) is 0 Å². The summed E-state index contributed by atoms with van der Waals surface area (Å²) in [6, 6.07) is 15.9. The van der Waals surface area contributed by atoms with Crippen LogP contribution in [0.5, 0.6) is 0 Å². The quantitative estimate of drug-likeness (QED) is 0.0710. The number of nitrogens with zero attached hydrogens (tertiary/aromatic N) is 1. The third-order valence-corrected chi connectivity index (χ3v) is 12.3. The van der Waals surface area contributed by atoms with Gasteiger partial charge < -0.3 is 30.8 Å². The second-order valence-corrected chi connectivity index (χ2v) is 17.1. The molecule has 3 heterocycles. The number of nitrogens with one attached hydrogen (secondary N) is 3. The van der Waals surface area contributed by atoms with Crippen LogP contribution in [0.25, 0.3) is 44.1 Å². The molecule has 1 amide bonds. The number of aromatic amines is 2. The Balaban J connectivity index is 0.000000199. The van der Waals surface area contributed by atoms with E-state index in [0.29, 0.717) is 39.5 Å². The highest BCUT2D eigenvalue weighted by atomic mass is 32.2. The number of halogens is 5. The van der Waals surface area contributed by atoms with E-state index >= 15 is 0 Å². The topological polar surface area (TPSA) is 225 Å². The predicted octanol–water partition coefficient (Wildman–Crippen LogP) is 4.74. The third kappa shape index (κ3) is 9.81. The number of hydrogen-bond donors (Lipinski definition) is 7. The number of carbonyl (C=O) groups is 1. The first-order valence-corrected chi connectivity index (χ1v) is 21.0. The average molecular weight is 863 g/mol. The first-order valence-electron chi connectivity index (χ1n) is 18.0. The van der Waals surface area contributed by atoms with Gasteiger partial charge in [-0.25, -0.2) is 35.5 Å².